The highest BCUT2D eigenvalue weighted by Gasteiger charge is 2.50. The second-order valence-corrected chi connectivity index (χ2v) is 24.1. The Labute approximate surface area is 499 Å². The fourth-order valence-electron chi connectivity index (χ4n) is 14.0. The minimum Gasteiger partial charge on any atom is -0.497 e. The van der Waals surface area contributed by atoms with Crippen molar-refractivity contribution in [1.82, 2.24) is 0 Å². The second-order valence-electron chi connectivity index (χ2n) is 24.1. The number of benzene rings is 8. The van der Waals surface area contributed by atoms with E-state index in [1.54, 1.807) is 39.2 Å². The lowest BCUT2D eigenvalue weighted by atomic mass is 9.75. The minimum atomic E-state index is -5.14. The van der Waals surface area contributed by atoms with Crippen LogP contribution in [0.3, 0.4) is 0 Å². The van der Waals surface area contributed by atoms with Gasteiger partial charge in [0.05, 0.1) is 38.6 Å². The Hall–Kier alpha value is -8.03. The van der Waals surface area contributed by atoms with E-state index in [1.165, 1.54) is 64.0 Å². The number of carbonyl (C=O) groups excluding carboxylic acids is 1. The van der Waals surface area contributed by atoms with Crippen molar-refractivity contribution in [3.05, 3.63) is 201 Å². The number of unbranched alkanes of at least 4 members (excludes halogenated alkanes) is 2. The molecule has 2 aliphatic carbocycles. The van der Waals surface area contributed by atoms with Gasteiger partial charge in [0.15, 0.2) is 5.60 Å². The van der Waals surface area contributed by atoms with Gasteiger partial charge in [0.1, 0.15) is 17.2 Å². The summed E-state index contributed by atoms with van der Waals surface area (Å²) in [6.07, 6.45) is 3.83. The molecule has 2 aliphatic heterocycles. The first-order chi connectivity index (χ1) is 41.3. The molecule has 86 heavy (non-hydrogen) atoms. The number of anilines is 2. The monoisotopic (exact) mass is 1170 g/mol. The molecule has 444 valence electrons. The van der Waals surface area contributed by atoms with Crippen LogP contribution in [0.25, 0.3) is 50.2 Å². The fourth-order valence-corrected chi connectivity index (χ4v) is 14.0. The van der Waals surface area contributed by atoms with Crippen LogP contribution in [0, 0.1) is 12.8 Å². The van der Waals surface area contributed by atoms with Gasteiger partial charge in [-0.05, 0) is 179 Å². The molecule has 0 bridgehead atoms. The number of amides is 1. The molecular weight excluding hydrogens is 1100 g/mol. The number of nitrogens with zero attached hydrogens (tertiary/aromatic N) is 1. The predicted octanol–water partition coefficient (Wildman–Crippen LogP) is 19.1. The first-order valence-electron chi connectivity index (χ1n) is 29.9. The summed E-state index contributed by atoms with van der Waals surface area (Å²) in [4.78, 5) is 16.1. The lowest BCUT2D eigenvalue weighted by Gasteiger charge is -2.39. The molecule has 12 rings (SSSR count). The number of morpholine rings is 1. The maximum atomic E-state index is 15.5. The van der Waals surface area contributed by atoms with Gasteiger partial charge >= 0.3 is 12.4 Å². The number of ether oxygens (including phenoxy) is 4. The van der Waals surface area contributed by atoms with E-state index in [-0.39, 0.29) is 28.7 Å². The number of nitrogens with one attached hydrogen (secondary N) is 1. The van der Waals surface area contributed by atoms with E-state index >= 15 is 13.2 Å². The number of aryl methyl sites for hydroxylation is 1. The van der Waals surface area contributed by atoms with Crippen LogP contribution in [-0.2, 0) is 28.1 Å². The average molecular weight is 1170 g/mol. The Morgan fingerprint density at radius 2 is 1.35 bits per heavy atom. The van der Waals surface area contributed by atoms with Gasteiger partial charge in [0.2, 0.25) is 0 Å². The SMILES string of the molecule is CCCCCC1CCC(c2ccc(-c3ccc(C(=O)Nc4ccc(-c5cc6c7c(c8c(c6cc5OC)OC(c5ccc(OC)cc5)(c5ccc(N6CCOCC6)cc5)C=C8)C(C)(C)c5c-7cc(C(F)(F)F)cc5C(F)(F)F)c(C)c4)cc3)cc2)CC1. The molecule has 2 heterocycles. The zero-order valence-electron chi connectivity index (χ0n) is 49.3. The number of rotatable bonds is 14. The van der Waals surface area contributed by atoms with Gasteiger partial charge in [-0.2, -0.15) is 26.3 Å². The van der Waals surface area contributed by atoms with E-state index in [4.69, 9.17) is 18.9 Å². The molecule has 0 spiro atoms. The van der Waals surface area contributed by atoms with Gasteiger partial charge in [0, 0.05) is 63.1 Å². The molecule has 8 aromatic carbocycles. The fraction of sp³-hybridized carbons (Fsp3) is 0.329. The van der Waals surface area contributed by atoms with Crippen LogP contribution in [-0.4, -0.2) is 46.4 Å². The quantitative estimate of drug-likeness (QED) is 0.0864. The summed E-state index contributed by atoms with van der Waals surface area (Å²) in [6.45, 7) is 10.0. The van der Waals surface area contributed by atoms with Crippen LogP contribution in [0.15, 0.2) is 146 Å². The molecule has 4 aliphatic rings. The third-order valence-electron chi connectivity index (χ3n) is 18.5. The third kappa shape index (κ3) is 10.8. The number of halogens is 6. The van der Waals surface area contributed by atoms with Crippen LogP contribution >= 0.6 is 0 Å². The molecule has 1 saturated carbocycles. The average Bonchev–Trinajstić information content (AvgIpc) is 1.49. The van der Waals surface area contributed by atoms with Crippen LogP contribution in [0.1, 0.15) is 138 Å². The molecule has 0 aromatic heterocycles. The van der Waals surface area contributed by atoms with Crippen molar-refractivity contribution in [3.63, 3.8) is 0 Å². The van der Waals surface area contributed by atoms with Gasteiger partial charge in [-0.25, -0.2) is 0 Å². The molecule has 0 radical (unpaired) electrons. The van der Waals surface area contributed by atoms with E-state index in [0.29, 0.717) is 91.8 Å². The zero-order chi connectivity index (χ0) is 60.3. The molecule has 13 heteroatoms. The van der Waals surface area contributed by atoms with E-state index in [9.17, 15) is 18.0 Å². The molecule has 2 fully saturated rings. The molecule has 1 atom stereocenters. The molecular formula is C73H70F6N2O5. The van der Waals surface area contributed by atoms with Crippen LogP contribution in [0.2, 0.25) is 0 Å². The van der Waals surface area contributed by atoms with Gasteiger partial charge in [-0.1, -0.05) is 119 Å². The van der Waals surface area contributed by atoms with Crippen molar-refractivity contribution in [2.45, 2.75) is 108 Å². The lowest BCUT2D eigenvalue weighted by molar-refractivity contribution is -0.143. The molecule has 1 unspecified atom stereocenters. The number of methoxy groups -OCH3 is 2. The standard InChI is InChI=1S/C73H70F6N2O5/c1-7-8-9-10-45-11-13-46(14-12-45)47-15-17-48(18-16-47)49-19-21-50(22-20-49)69(82)80-54-27-32-57(44(2)39-54)59-42-60-61(43-64(59)84-6)68-58(67-65(60)62-40-53(72(74,75)76)41-63(73(77,78)79)66(62)70(67,3)4)33-34-71(86-68,52-25-30-56(83-5)31-26-52)51-23-28-55(29-24-51)81-35-37-85-38-36-81/h15-34,39-43,45-46H,7-14,35-38H2,1-6H3,(H,80,82). The Morgan fingerprint density at radius 1 is 0.686 bits per heavy atom. The van der Waals surface area contributed by atoms with Gasteiger partial charge < -0.3 is 29.2 Å². The molecule has 1 amide bonds. The number of hydrogen-bond acceptors (Lipinski definition) is 6. The highest BCUT2D eigenvalue weighted by Crippen LogP contribution is 2.62. The van der Waals surface area contributed by atoms with Crippen LogP contribution in [0.4, 0.5) is 37.7 Å². The van der Waals surface area contributed by atoms with Gasteiger partial charge in [-0.15, -0.1) is 0 Å². The highest BCUT2D eigenvalue weighted by atomic mass is 19.4. The van der Waals surface area contributed by atoms with E-state index in [1.807, 2.05) is 104 Å². The Balaban J connectivity index is 0.917. The minimum absolute atomic E-state index is 0.170. The molecule has 1 saturated heterocycles. The van der Waals surface area contributed by atoms with Crippen LogP contribution < -0.4 is 24.4 Å². The normalized spacial score (nSPS) is 18.9. The van der Waals surface area contributed by atoms with Crippen LogP contribution in [0.5, 0.6) is 17.2 Å². The number of hydrogen-bond donors (Lipinski definition) is 1. The smallest absolute Gasteiger partial charge is 0.416 e. The maximum Gasteiger partial charge on any atom is 0.416 e. The first kappa shape index (κ1) is 58.4. The van der Waals surface area contributed by atoms with Crippen molar-refractivity contribution >= 4 is 34.1 Å². The topological polar surface area (TPSA) is 69.3 Å². The van der Waals surface area contributed by atoms with Crippen molar-refractivity contribution in [1.29, 1.82) is 0 Å². The van der Waals surface area contributed by atoms with Gasteiger partial charge in [0.25, 0.3) is 5.91 Å². The summed E-state index contributed by atoms with van der Waals surface area (Å²) in [5, 5.41) is 3.82. The lowest BCUT2D eigenvalue weighted by Crippen LogP contribution is -2.37. The predicted molar refractivity (Wildman–Crippen MR) is 330 cm³/mol. The van der Waals surface area contributed by atoms with E-state index in [0.717, 1.165) is 47.5 Å². The van der Waals surface area contributed by atoms with Crippen molar-refractivity contribution in [3.8, 4) is 50.6 Å². The van der Waals surface area contributed by atoms with Crippen molar-refractivity contribution in [2.24, 2.45) is 5.92 Å². The molecule has 8 aromatic rings. The first-order valence-corrected chi connectivity index (χ1v) is 29.9. The maximum absolute atomic E-state index is 15.5. The molecule has 7 nitrogen and oxygen atoms in total. The van der Waals surface area contributed by atoms with E-state index in [2.05, 4.69) is 41.4 Å². The van der Waals surface area contributed by atoms with Gasteiger partial charge in [-0.3, -0.25) is 4.79 Å². The summed E-state index contributed by atoms with van der Waals surface area (Å²) in [5.41, 5.74) is 3.83. The Kier molecular flexibility index (Phi) is 15.6. The Bertz CT molecular complexity index is 3870. The third-order valence-corrected chi connectivity index (χ3v) is 18.5. The summed E-state index contributed by atoms with van der Waals surface area (Å²) >= 11 is 0. The zero-order valence-corrected chi connectivity index (χ0v) is 49.3. The van der Waals surface area contributed by atoms with E-state index < -0.39 is 34.5 Å². The largest absolute Gasteiger partial charge is 0.497 e. The van der Waals surface area contributed by atoms with Crippen molar-refractivity contribution < 1.29 is 50.1 Å². The summed E-state index contributed by atoms with van der Waals surface area (Å²) in [5.74, 6) is 2.43. The Morgan fingerprint density at radius 3 is 1.97 bits per heavy atom. The number of carbonyl (C=O) groups is 1. The highest BCUT2D eigenvalue weighted by molar-refractivity contribution is 6.11. The second kappa shape index (κ2) is 23.0. The summed E-state index contributed by atoms with van der Waals surface area (Å²) in [6, 6.07) is 42.0. The summed E-state index contributed by atoms with van der Waals surface area (Å²) < 4.78 is 116. The number of fused-ring (bicyclic) bond motifs is 8. The number of alkyl halides is 6. The summed E-state index contributed by atoms with van der Waals surface area (Å²) in [7, 11) is 3.09. The molecule has 1 N–H and O–H groups in total. The van der Waals surface area contributed by atoms with Crippen molar-refractivity contribution in [2.75, 3.05) is 50.7 Å².